The maximum absolute atomic E-state index is 11.4. The van der Waals surface area contributed by atoms with Crippen molar-refractivity contribution in [3.8, 4) is 0 Å². The second kappa shape index (κ2) is 7.33. The van der Waals surface area contributed by atoms with E-state index in [1.165, 1.54) is 0 Å². The Bertz CT molecular complexity index is 309. The van der Waals surface area contributed by atoms with E-state index < -0.39 is 11.7 Å². The zero-order chi connectivity index (χ0) is 14.3. The molecule has 1 aliphatic carbocycles. The normalized spacial score (nSPS) is 14.9. The van der Waals surface area contributed by atoms with Gasteiger partial charge in [-0.25, -0.2) is 4.79 Å². The summed E-state index contributed by atoms with van der Waals surface area (Å²) in [7, 11) is 0. The number of nitrogens with one attached hydrogen (secondary N) is 3. The molecular formula is C13H25N3O3. The predicted octanol–water partition coefficient (Wildman–Crippen LogP) is 0.769. The molecule has 0 radical (unpaired) electrons. The molecule has 0 aromatic carbocycles. The minimum absolute atomic E-state index is 0.0927. The lowest BCUT2D eigenvalue weighted by Crippen LogP contribution is -2.37. The molecule has 6 heteroatoms. The van der Waals surface area contributed by atoms with Gasteiger partial charge in [0.2, 0.25) is 5.91 Å². The molecule has 0 spiro atoms. The maximum atomic E-state index is 11.4. The number of rotatable bonds is 7. The van der Waals surface area contributed by atoms with Gasteiger partial charge >= 0.3 is 6.09 Å². The van der Waals surface area contributed by atoms with Gasteiger partial charge in [0.1, 0.15) is 5.60 Å². The van der Waals surface area contributed by atoms with Crippen LogP contribution in [-0.4, -0.2) is 43.3 Å². The number of carbonyl (C=O) groups is 2. The van der Waals surface area contributed by atoms with Crippen molar-refractivity contribution in [1.29, 1.82) is 0 Å². The van der Waals surface area contributed by atoms with E-state index in [0.717, 1.165) is 12.8 Å². The third-order valence-electron chi connectivity index (χ3n) is 2.44. The molecule has 0 aliphatic heterocycles. The van der Waals surface area contributed by atoms with Crippen LogP contribution >= 0.6 is 0 Å². The predicted molar refractivity (Wildman–Crippen MR) is 72.9 cm³/mol. The van der Waals surface area contributed by atoms with Crippen LogP contribution in [0.2, 0.25) is 0 Å². The summed E-state index contributed by atoms with van der Waals surface area (Å²) in [5, 5.41) is 8.66. The molecule has 19 heavy (non-hydrogen) atoms. The Hall–Kier alpha value is -1.30. The van der Waals surface area contributed by atoms with Crippen LogP contribution < -0.4 is 16.0 Å². The first-order chi connectivity index (χ1) is 8.87. The lowest BCUT2D eigenvalue weighted by molar-refractivity contribution is -0.121. The second-order valence-electron chi connectivity index (χ2n) is 5.77. The van der Waals surface area contributed by atoms with Gasteiger partial charge in [0.05, 0.1) is 0 Å². The third kappa shape index (κ3) is 9.30. The highest BCUT2D eigenvalue weighted by molar-refractivity contribution is 5.76. The Morgan fingerprint density at radius 3 is 2.42 bits per heavy atom. The lowest BCUT2D eigenvalue weighted by Gasteiger charge is -2.19. The summed E-state index contributed by atoms with van der Waals surface area (Å²) in [6.45, 7) is 7.19. The fourth-order valence-corrected chi connectivity index (χ4v) is 1.42. The molecule has 1 rings (SSSR count). The average molecular weight is 271 g/mol. The zero-order valence-electron chi connectivity index (χ0n) is 12.0. The molecule has 3 N–H and O–H groups in total. The van der Waals surface area contributed by atoms with E-state index in [4.69, 9.17) is 4.74 Å². The molecule has 0 bridgehead atoms. The van der Waals surface area contributed by atoms with Crippen molar-refractivity contribution in [1.82, 2.24) is 16.0 Å². The Morgan fingerprint density at radius 2 is 1.84 bits per heavy atom. The highest BCUT2D eigenvalue weighted by Gasteiger charge is 2.22. The minimum atomic E-state index is -0.474. The van der Waals surface area contributed by atoms with Crippen LogP contribution in [-0.2, 0) is 9.53 Å². The maximum Gasteiger partial charge on any atom is 0.407 e. The average Bonchev–Trinajstić information content (AvgIpc) is 3.04. The summed E-state index contributed by atoms with van der Waals surface area (Å²) in [5.41, 5.74) is -0.474. The topological polar surface area (TPSA) is 79.5 Å². The molecular weight excluding hydrogens is 246 g/mol. The summed E-state index contributed by atoms with van der Waals surface area (Å²) >= 11 is 0. The van der Waals surface area contributed by atoms with E-state index in [9.17, 15) is 9.59 Å². The minimum Gasteiger partial charge on any atom is -0.444 e. The Labute approximate surface area is 114 Å². The van der Waals surface area contributed by atoms with Crippen LogP contribution in [0.15, 0.2) is 0 Å². The first-order valence-electron chi connectivity index (χ1n) is 6.84. The van der Waals surface area contributed by atoms with Gasteiger partial charge in [-0.3, -0.25) is 4.79 Å². The van der Waals surface area contributed by atoms with E-state index in [1.807, 2.05) is 20.8 Å². The molecule has 0 saturated heterocycles. The molecule has 0 atom stereocenters. The molecule has 6 nitrogen and oxygen atoms in total. The van der Waals surface area contributed by atoms with E-state index in [2.05, 4.69) is 16.0 Å². The molecule has 1 saturated carbocycles. The largest absolute Gasteiger partial charge is 0.444 e. The van der Waals surface area contributed by atoms with E-state index >= 15 is 0 Å². The number of ether oxygens (including phenoxy) is 1. The third-order valence-corrected chi connectivity index (χ3v) is 2.44. The Kier molecular flexibility index (Phi) is 6.08. The van der Waals surface area contributed by atoms with Gasteiger partial charge in [-0.1, -0.05) is 0 Å². The first kappa shape index (κ1) is 15.8. The molecule has 0 aromatic heterocycles. The molecule has 2 amide bonds. The number of alkyl carbamates (subject to hydrolysis) is 1. The highest BCUT2D eigenvalue weighted by Crippen LogP contribution is 2.18. The zero-order valence-corrected chi connectivity index (χ0v) is 12.0. The SMILES string of the molecule is CC(C)(C)OC(=O)NCCNCCC(=O)NC1CC1. The van der Waals surface area contributed by atoms with Gasteiger partial charge in [0, 0.05) is 32.1 Å². The Balaban J connectivity index is 1.90. The van der Waals surface area contributed by atoms with Gasteiger partial charge in [-0.2, -0.15) is 0 Å². The number of hydrogen-bond acceptors (Lipinski definition) is 4. The fraction of sp³-hybridized carbons (Fsp3) is 0.846. The van der Waals surface area contributed by atoms with Crippen molar-refractivity contribution in [2.75, 3.05) is 19.6 Å². The number of carbonyl (C=O) groups excluding carboxylic acids is 2. The van der Waals surface area contributed by atoms with Gasteiger partial charge in [0.15, 0.2) is 0 Å². The van der Waals surface area contributed by atoms with Crippen molar-refractivity contribution in [3.63, 3.8) is 0 Å². The summed E-state index contributed by atoms with van der Waals surface area (Å²) in [6.07, 6.45) is 2.28. The number of hydrogen-bond donors (Lipinski definition) is 3. The van der Waals surface area contributed by atoms with E-state index in [-0.39, 0.29) is 5.91 Å². The second-order valence-corrected chi connectivity index (χ2v) is 5.77. The van der Waals surface area contributed by atoms with Crippen molar-refractivity contribution < 1.29 is 14.3 Å². The monoisotopic (exact) mass is 271 g/mol. The summed E-state index contributed by atoms with van der Waals surface area (Å²) in [4.78, 5) is 22.7. The van der Waals surface area contributed by atoms with Crippen LogP contribution in [0.4, 0.5) is 4.79 Å². The van der Waals surface area contributed by atoms with Crippen molar-refractivity contribution in [3.05, 3.63) is 0 Å². The molecule has 110 valence electrons. The van der Waals surface area contributed by atoms with Gasteiger partial charge in [-0.05, 0) is 33.6 Å². The molecule has 1 fully saturated rings. The summed E-state index contributed by atoms with van der Waals surface area (Å²) in [5.74, 6) is 0.0927. The smallest absolute Gasteiger partial charge is 0.407 e. The number of amides is 2. The van der Waals surface area contributed by atoms with Crippen LogP contribution in [0.5, 0.6) is 0 Å². The van der Waals surface area contributed by atoms with E-state index in [0.29, 0.717) is 32.1 Å². The molecule has 0 unspecified atom stereocenters. The summed E-state index contributed by atoms with van der Waals surface area (Å²) < 4.78 is 5.09. The quantitative estimate of drug-likeness (QED) is 0.598. The van der Waals surface area contributed by atoms with Gasteiger partial charge < -0.3 is 20.7 Å². The van der Waals surface area contributed by atoms with Gasteiger partial charge in [0.25, 0.3) is 0 Å². The summed E-state index contributed by atoms with van der Waals surface area (Å²) in [6, 6.07) is 0.418. The molecule has 0 aromatic rings. The van der Waals surface area contributed by atoms with E-state index in [1.54, 1.807) is 0 Å². The Morgan fingerprint density at radius 1 is 1.16 bits per heavy atom. The fourth-order valence-electron chi connectivity index (χ4n) is 1.42. The van der Waals surface area contributed by atoms with Crippen molar-refractivity contribution >= 4 is 12.0 Å². The molecule has 0 heterocycles. The lowest BCUT2D eigenvalue weighted by atomic mass is 10.2. The van der Waals surface area contributed by atoms with Crippen LogP contribution in [0.25, 0.3) is 0 Å². The van der Waals surface area contributed by atoms with Crippen LogP contribution in [0.3, 0.4) is 0 Å². The van der Waals surface area contributed by atoms with Gasteiger partial charge in [-0.15, -0.1) is 0 Å². The van der Waals surface area contributed by atoms with Crippen LogP contribution in [0, 0.1) is 0 Å². The van der Waals surface area contributed by atoms with Crippen molar-refractivity contribution in [2.24, 2.45) is 0 Å². The van der Waals surface area contributed by atoms with Crippen molar-refractivity contribution in [2.45, 2.75) is 51.7 Å². The van der Waals surface area contributed by atoms with Crippen LogP contribution in [0.1, 0.15) is 40.0 Å². The standard InChI is InChI=1S/C13H25N3O3/c1-13(2,3)19-12(18)15-9-8-14-7-6-11(17)16-10-4-5-10/h10,14H,4-9H2,1-3H3,(H,15,18)(H,16,17). The molecule has 1 aliphatic rings. The first-order valence-corrected chi connectivity index (χ1v) is 6.84. The highest BCUT2D eigenvalue weighted by atomic mass is 16.6.